The summed E-state index contributed by atoms with van der Waals surface area (Å²) in [5.41, 5.74) is 1.29. The molecule has 20 heavy (non-hydrogen) atoms. The molecule has 0 unspecified atom stereocenters. The molecule has 4 heteroatoms. The Morgan fingerprint density at radius 1 is 1.05 bits per heavy atom. The minimum absolute atomic E-state index is 0.178. The Bertz CT molecular complexity index is 675. The third-order valence-corrected chi connectivity index (χ3v) is 2.95. The standard InChI is InChI=1S/C16H11FO3/c17-13-5-3-12(4-6-13)14(18)7-1-11-2-8-15-16(9-11)20-10-19-15/h1-9H,10H2/b7-1+. The molecule has 1 aliphatic rings. The van der Waals surface area contributed by atoms with Crippen molar-refractivity contribution in [3.8, 4) is 11.5 Å². The number of carbonyl (C=O) groups excluding carboxylic acids is 1. The van der Waals surface area contributed by atoms with E-state index in [0.717, 1.165) is 5.56 Å². The first-order valence-electron chi connectivity index (χ1n) is 6.10. The predicted molar refractivity (Wildman–Crippen MR) is 72.3 cm³/mol. The Morgan fingerprint density at radius 3 is 2.60 bits per heavy atom. The van der Waals surface area contributed by atoms with Crippen LogP contribution in [-0.2, 0) is 0 Å². The molecule has 0 aromatic heterocycles. The van der Waals surface area contributed by atoms with Crippen molar-refractivity contribution in [1.29, 1.82) is 0 Å². The highest BCUT2D eigenvalue weighted by molar-refractivity contribution is 6.06. The van der Waals surface area contributed by atoms with Crippen molar-refractivity contribution in [3.05, 3.63) is 65.5 Å². The van der Waals surface area contributed by atoms with Crippen LogP contribution in [0, 0.1) is 5.82 Å². The van der Waals surface area contributed by atoms with Gasteiger partial charge in [0, 0.05) is 5.56 Å². The van der Waals surface area contributed by atoms with Gasteiger partial charge < -0.3 is 9.47 Å². The average molecular weight is 270 g/mol. The maximum atomic E-state index is 12.8. The average Bonchev–Trinajstić information content (AvgIpc) is 2.93. The molecule has 0 fully saturated rings. The van der Waals surface area contributed by atoms with Crippen LogP contribution in [0.4, 0.5) is 4.39 Å². The Labute approximate surface area is 115 Å². The van der Waals surface area contributed by atoms with Gasteiger partial charge in [-0.25, -0.2) is 4.39 Å². The molecule has 0 spiro atoms. The Kier molecular flexibility index (Phi) is 3.21. The lowest BCUT2D eigenvalue weighted by Gasteiger charge is -1.98. The molecule has 100 valence electrons. The number of ether oxygens (including phenoxy) is 2. The molecule has 0 aliphatic carbocycles. The zero-order valence-corrected chi connectivity index (χ0v) is 10.5. The number of halogens is 1. The highest BCUT2D eigenvalue weighted by atomic mass is 19.1. The summed E-state index contributed by atoms with van der Waals surface area (Å²) in [5.74, 6) is 0.831. The molecule has 3 nitrogen and oxygen atoms in total. The van der Waals surface area contributed by atoms with Crippen LogP contribution in [0.1, 0.15) is 15.9 Å². The summed E-state index contributed by atoms with van der Waals surface area (Å²) in [6.07, 6.45) is 3.14. The summed E-state index contributed by atoms with van der Waals surface area (Å²) in [7, 11) is 0. The van der Waals surface area contributed by atoms with E-state index in [0.29, 0.717) is 17.1 Å². The van der Waals surface area contributed by atoms with E-state index in [9.17, 15) is 9.18 Å². The number of rotatable bonds is 3. The van der Waals surface area contributed by atoms with E-state index in [1.165, 1.54) is 30.3 Å². The van der Waals surface area contributed by atoms with Gasteiger partial charge in [0.25, 0.3) is 0 Å². The number of hydrogen-bond donors (Lipinski definition) is 0. The molecular weight excluding hydrogens is 259 g/mol. The van der Waals surface area contributed by atoms with E-state index < -0.39 is 0 Å². The highest BCUT2D eigenvalue weighted by Crippen LogP contribution is 2.32. The van der Waals surface area contributed by atoms with Crippen molar-refractivity contribution in [1.82, 2.24) is 0 Å². The van der Waals surface area contributed by atoms with Crippen LogP contribution in [0.15, 0.2) is 48.5 Å². The zero-order chi connectivity index (χ0) is 13.9. The number of ketones is 1. The van der Waals surface area contributed by atoms with Gasteiger partial charge in [0.1, 0.15) is 5.82 Å². The lowest BCUT2D eigenvalue weighted by atomic mass is 10.1. The smallest absolute Gasteiger partial charge is 0.231 e. The van der Waals surface area contributed by atoms with Gasteiger partial charge in [-0.15, -0.1) is 0 Å². The van der Waals surface area contributed by atoms with E-state index in [1.54, 1.807) is 18.2 Å². The second-order valence-electron chi connectivity index (χ2n) is 4.32. The first-order chi connectivity index (χ1) is 9.72. The summed E-state index contributed by atoms with van der Waals surface area (Å²) < 4.78 is 23.2. The summed E-state index contributed by atoms with van der Waals surface area (Å²) >= 11 is 0. The molecule has 0 bridgehead atoms. The Morgan fingerprint density at radius 2 is 1.80 bits per heavy atom. The van der Waals surface area contributed by atoms with Gasteiger partial charge in [0.15, 0.2) is 17.3 Å². The minimum atomic E-state index is -0.360. The number of fused-ring (bicyclic) bond motifs is 1. The van der Waals surface area contributed by atoms with Crippen LogP contribution in [0.5, 0.6) is 11.5 Å². The van der Waals surface area contributed by atoms with Crippen LogP contribution in [0.3, 0.4) is 0 Å². The van der Waals surface area contributed by atoms with Crippen LogP contribution in [0.2, 0.25) is 0 Å². The fourth-order valence-corrected chi connectivity index (χ4v) is 1.90. The van der Waals surface area contributed by atoms with E-state index >= 15 is 0 Å². The van der Waals surface area contributed by atoms with Crippen molar-refractivity contribution < 1.29 is 18.7 Å². The first kappa shape index (κ1) is 12.4. The quantitative estimate of drug-likeness (QED) is 0.633. The van der Waals surface area contributed by atoms with Crippen LogP contribution >= 0.6 is 0 Å². The summed E-state index contributed by atoms with van der Waals surface area (Å²) in [6, 6.07) is 10.9. The minimum Gasteiger partial charge on any atom is -0.454 e. The van der Waals surface area contributed by atoms with Crippen molar-refractivity contribution in [3.63, 3.8) is 0 Å². The van der Waals surface area contributed by atoms with Gasteiger partial charge in [-0.3, -0.25) is 4.79 Å². The summed E-state index contributed by atoms with van der Waals surface area (Å²) in [6.45, 7) is 0.219. The van der Waals surface area contributed by atoms with Crippen molar-refractivity contribution >= 4 is 11.9 Å². The topological polar surface area (TPSA) is 35.5 Å². The fraction of sp³-hybridized carbons (Fsp3) is 0.0625. The van der Waals surface area contributed by atoms with Gasteiger partial charge in [0.2, 0.25) is 6.79 Å². The molecule has 0 N–H and O–H groups in total. The lowest BCUT2D eigenvalue weighted by Crippen LogP contribution is -1.93. The van der Waals surface area contributed by atoms with Gasteiger partial charge in [-0.05, 0) is 48.0 Å². The predicted octanol–water partition coefficient (Wildman–Crippen LogP) is 3.45. The molecule has 3 rings (SSSR count). The molecule has 0 atom stereocenters. The van der Waals surface area contributed by atoms with Gasteiger partial charge in [-0.1, -0.05) is 12.1 Å². The van der Waals surface area contributed by atoms with Crippen LogP contribution in [-0.4, -0.2) is 12.6 Å². The molecule has 0 saturated heterocycles. The van der Waals surface area contributed by atoms with Gasteiger partial charge >= 0.3 is 0 Å². The maximum absolute atomic E-state index is 12.8. The molecule has 1 heterocycles. The summed E-state index contributed by atoms with van der Waals surface area (Å²) in [4.78, 5) is 11.9. The van der Waals surface area contributed by atoms with E-state index in [1.807, 2.05) is 6.07 Å². The van der Waals surface area contributed by atoms with Crippen molar-refractivity contribution in [2.45, 2.75) is 0 Å². The maximum Gasteiger partial charge on any atom is 0.231 e. The molecule has 2 aromatic rings. The van der Waals surface area contributed by atoms with E-state index in [4.69, 9.17) is 9.47 Å². The second kappa shape index (κ2) is 5.17. The second-order valence-corrected chi connectivity index (χ2v) is 4.32. The third kappa shape index (κ3) is 2.54. The largest absolute Gasteiger partial charge is 0.454 e. The van der Waals surface area contributed by atoms with Crippen LogP contribution in [0.25, 0.3) is 6.08 Å². The Balaban J connectivity index is 1.76. The van der Waals surface area contributed by atoms with Crippen molar-refractivity contribution in [2.75, 3.05) is 6.79 Å². The number of allylic oxidation sites excluding steroid dienone is 1. The molecule has 2 aromatic carbocycles. The van der Waals surface area contributed by atoms with Crippen LogP contribution < -0.4 is 9.47 Å². The molecule has 0 radical (unpaired) electrons. The SMILES string of the molecule is O=C(/C=C/c1ccc2c(c1)OCO2)c1ccc(F)cc1. The number of hydrogen-bond acceptors (Lipinski definition) is 3. The number of benzene rings is 2. The van der Waals surface area contributed by atoms with Crippen molar-refractivity contribution in [2.24, 2.45) is 0 Å². The normalized spacial score (nSPS) is 12.8. The number of carbonyl (C=O) groups is 1. The van der Waals surface area contributed by atoms with E-state index in [2.05, 4.69) is 0 Å². The molecule has 0 amide bonds. The summed E-state index contributed by atoms with van der Waals surface area (Å²) in [5, 5.41) is 0. The van der Waals surface area contributed by atoms with Gasteiger partial charge in [-0.2, -0.15) is 0 Å². The highest BCUT2D eigenvalue weighted by Gasteiger charge is 2.12. The zero-order valence-electron chi connectivity index (χ0n) is 10.5. The first-order valence-corrected chi connectivity index (χ1v) is 6.10. The molecule has 0 saturated carbocycles. The van der Waals surface area contributed by atoms with Gasteiger partial charge in [0.05, 0.1) is 0 Å². The fourth-order valence-electron chi connectivity index (χ4n) is 1.90. The van der Waals surface area contributed by atoms with E-state index in [-0.39, 0.29) is 18.4 Å². The molecule has 1 aliphatic heterocycles. The molecular formula is C16H11FO3. The Hall–Kier alpha value is -2.62. The monoisotopic (exact) mass is 270 g/mol. The lowest BCUT2D eigenvalue weighted by molar-refractivity contribution is 0.104. The third-order valence-electron chi connectivity index (χ3n) is 2.95.